The first-order valence-corrected chi connectivity index (χ1v) is 2.17. The van der Waals surface area contributed by atoms with Crippen LogP contribution in [0.25, 0.3) is 0 Å². The van der Waals surface area contributed by atoms with Gasteiger partial charge in [0.15, 0.2) is 0 Å². The zero-order chi connectivity index (χ0) is 10.7. The Labute approximate surface area is 127 Å². The molecular weight excluding hydrogens is 243 g/mol. The van der Waals surface area contributed by atoms with Crippen molar-refractivity contribution in [3.05, 3.63) is 0 Å². The molecule has 0 heterocycles. The van der Waals surface area contributed by atoms with Crippen LogP contribution in [0, 0.1) is 0 Å². The van der Waals surface area contributed by atoms with Gasteiger partial charge in [-0.3, -0.25) is 0 Å². The minimum atomic E-state index is -2.08. The number of hydrogen-bond acceptors (Lipinski definition) is 6. The number of rotatable bonds is 0. The molecule has 10 N–H and O–H groups in total. The first-order valence-electron chi connectivity index (χ1n) is 2.17. The molecule has 0 aliphatic carbocycles. The molecule has 0 fully saturated rings. The number of carboxylic acids is 1. The summed E-state index contributed by atoms with van der Waals surface area (Å²) in [6, 6.07) is 0. The van der Waals surface area contributed by atoms with E-state index in [1.54, 1.807) is 0 Å². The number of aliphatic carboxylic acids is 1. The number of carbonyl (C=O) groups excluding carboxylic acids is 1. The molecule has 0 saturated carbocycles. The van der Waals surface area contributed by atoms with Crippen LogP contribution in [0.5, 0.6) is 0 Å². The predicted octanol–water partition coefficient (Wildman–Crippen LogP) is -5.71. The Balaban J connectivity index is -0.0000000184. The van der Waals surface area contributed by atoms with Gasteiger partial charge in [0, 0.05) is 5.97 Å². The van der Waals surface area contributed by atoms with E-state index in [0.29, 0.717) is 0 Å². The standard InChI is InChI=1S/C2H4O2.2CH2O3.K.2H3N/c1-2(3)4;2*2-1(3)4;;;/h1H3,(H,3,4);2*(H2,2,3,4);;2*1H3/q;;;+1;;/p-1. The van der Waals surface area contributed by atoms with E-state index in [-0.39, 0.29) is 63.7 Å². The van der Waals surface area contributed by atoms with Gasteiger partial charge in [-0.05, 0) is 6.92 Å². The summed E-state index contributed by atoms with van der Waals surface area (Å²) < 4.78 is 0. The van der Waals surface area contributed by atoms with Crippen molar-refractivity contribution in [1.82, 2.24) is 12.3 Å². The zero-order valence-corrected chi connectivity index (χ0v) is 12.0. The Kier molecular flexibility index (Phi) is 71.1. The molecule has 0 aromatic rings. The average molecular weight is 256 g/mol. The number of carbonyl (C=O) groups is 3. The Hall–Kier alpha value is -0.434. The van der Waals surface area contributed by atoms with Crippen LogP contribution in [0.3, 0.4) is 0 Å². The molecule has 0 saturated heterocycles. The van der Waals surface area contributed by atoms with Gasteiger partial charge in [0.25, 0.3) is 0 Å². The van der Waals surface area contributed by atoms with Crippen LogP contribution in [-0.4, -0.2) is 28.5 Å². The van der Waals surface area contributed by atoms with Gasteiger partial charge in [-0.15, -0.1) is 0 Å². The van der Waals surface area contributed by atoms with Crippen LogP contribution in [0.15, 0.2) is 0 Å². The van der Waals surface area contributed by atoms with Crippen molar-refractivity contribution in [2.45, 2.75) is 6.92 Å². The minimum Gasteiger partial charge on any atom is -0.565 e. The SMILES string of the molecule is CC(=O)[O-].O=C([O-])O.O=C([O-])O.[K+].[NH4+].[NH4+]. The van der Waals surface area contributed by atoms with Gasteiger partial charge >= 0.3 is 51.4 Å². The van der Waals surface area contributed by atoms with Crippen LogP contribution in [0.4, 0.5) is 9.59 Å². The first kappa shape index (κ1) is 36.5. The van der Waals surface area contributed by atoms with Crippen molar-refractivity contribution < 1.29 is 91.3 Å². The molecule has 88 valence electrons. The first-order chi connectivity index (χ1) is 5.20. The molecule has 0 rings (SSSR count). The maximum absolute atomic E-state index is 8.89. The number of carboxylic acid groups (broad SMARTS) is 5. The van der Waals surface area contributed by atoms with Crippen molar-refractivity contribution in [3.63, 3.8) is 0 Å². The summed E-state index contributed by atoms with van der Waals surface area (Å²) in [5.74, 6) is -1.08. The summed E-state index contributed by atoms with van der Waals surface area (Å²) in [4.78, 5) is 25.8. The van der Waals surface area contributed by atoms with Gasteiger partial charge in [0.2, 0.25) is 12.3 Å². The second kappa shape index (κ2) is 29.2. The second-order valence-corrected chi connectivity index (χ2v) is 1.02. The Morgan fingerprint density at radius 1 is 0.867 bits per heavy atom. The van der Waals surface area contributed by atoms with E-state index in [1.165, 1.54) is 0 Å². The third kappa shape index (κ3) is 9650. The molecule has 0 spiro atoms. The minimum absolute atomic E-state index is 0. The van der Waals surface area contributed by atoms with Gasteiger partial charge in [-0.2, -0.15) is 0 Å². The smallest absolute Gasteiger partial charge is 0.565 e. The molecule has 0 amide bonds. The third-order valence-electron chi connectivity index (χ3n) is 0. The molecule has 0 radical (unpaired) electrons. The van der Waals surface area contributed by atoms with E-state index in [0.717, 1.165) is 6.92 Å². The van der Waals surface area contributed by atoms with Gasteiger partial charge in [-0.1, -0.05) is 0 Å². The van der Waals surface area contributed by atoms with E-state index in [2.05, 4.69) is 0 Å². The van der Waals surface area contributed by atoms with Gasteiger partial charge < -0.3 is 52.2 Å². The van der Waals surface area contributed by atoms with Gasteiger partial charge in [0.05, 0.1) is 0 Å². The van der Waals surface area contributed by atoms with Crippen LogP contribution >= 0.6 is 0 Å². The second-order valence-electron chi connectivity index (χ2n) is 1.02. The summed E-state index contributed by atoms with van der Waals surface area (Å²) in [5.41, 5.74) is 0. The van der Waals surface area contributed by atoms with Crippen molar-refractivity contribution in [3.8, 4) is 0 Å². The van der Waals surface area contributed by atoms with E-state index < -0.39 is 18.3 Å². The molecule has 0 aliphatic rings. The van der Waals surface area contributed by atoms with Crippen molar-refractivity contribution in [1.29, 1.82) is 0 Å². The molecule has 11 heteroatoms. The quantitative estimate of drug-likeness (QED) is 0.304. The van der Waals surface area contributed by atoms with E-state index in [9.17, 15) is 0 Å². The predicted molar refractivity (Wildman–Crippen MR) is 38.7 cm³/mol. The molecule has 0 aromatic carbocycles. The molecular formula is C4H13KN2O8. The molecule has 15 heavy (non-hydrogen) atoms. The molecule has 10 nitrogen and oxygen atoms in total. The molecule has 0 aliphatic heterocycles. The maximum atomic E-state index is 8.89. The maximum Gasteiger partial charge on any atom is 1.00 e. The molecule has 0 bridgehead atoms. The van der Waals surface area contributed by atoms with Crippen LogP contribution in [0.2, 0.25) is 0 Å². The van der Waals surface area contributed by atoms with Crippen molar-refractivity contribution in [2.24, 2.45) is 0 Å². The summed E-state index contributed by atoms with van der Waals surface area (Å²) in [6.07, 6.45) is -4.17. The fourth-order valence-electron chi connectivity index (χ4n) is 0. The van der Waals surface area contributed by atoms with E-state index in [4.69, 9.17) is 39.9 Å². The van der Waals surface area contributed by atoms with Gasteiger partial charge in [-0.25, -0.2) is 0 Å². The van der Waals surface area contributed by atoms with Crippen LogP contribution in [-0.2, 0) is 4.79 Å². The van der Waals surface area contributed by atoms with Crippen molar-refractivity contribution in [2.75, 3.05) is 0 Å². The molecule has 0 atom stereocenters. The zero-order valence-electron chi connectivity index (χ0n) is 8.84. The third-order valence-corrected chi connectivity index (χ3v) is 0. The molecule has 0 unspecified atom stereocenters. The molecule has 0 aromatic heterocycles. The number of hydrogen-bond donors (Lipinski definition) is 4. The summed E-state index contributed by atoms with van der Waals surface area (Å²) in [5, 5.41) is 39.5. The Bertz CT molecular complexity index is 122. The van der Waals surface area contributed by atoms with Crippen LogP contribution < -0.4 is 79.0 Å². The topological polar surface area (TPSA) is 234 Å². The average Bonchev–Trinajstić information content (AvgIpc) is 1.54. The largest absolute Gasteiger partial charge is 1.00 e. The summed E-state index contributed by atoms with van der Waals surface area (Å²) >= 11 is 0. The Morgan fingerprint density at radius 2 is 0.867 bits per heavy atom. The summed E-state index contributed by atoms with van der Waals surface area (Å²) in [6.45, 7) is 0.972. The van der Waals surface area contributed by atoms with Crippen LogP contribution in [0.1, 0.15) is 6.92 Å². The number of quaternary nitrogens is 2. The Morgan fingerprint density at radius 3 is 0.867 bits per heavy atom. The normalized spacial score (nSPS) is 4.87. The van der Waals surface area contributed by atoms with Crippen molar-refractivity contribution >= 4 is 18.3 Å². The fourth-order valence-corrected chi connectivity index (χ4v) is 0. The van der Waals surface area contributed by atoms with E-state index >= 15 is 0 Å². The van der Waals surface area contributed by atoms with E-state index in [1.807, 2.05) is 0 Å². The van der Waals surface area contributed by atoms with Gasteiger partial charge in [0.1, 0.15) is 0 Å². The monoisotopic (exact) mass is 256 g/mol. The fraction of sp³-hybridized carbons (Fsp3) is 0.250. The summed E-state index contributed by atoms with van der Waals surface area (Å²) in [7, 11) is 0.